The van der Waals surface area contributed by atoms with Crippen molar-refractivity contribution in [1.29, 1.82) is 0 Å². The molecule has 1 saturated carbocycles. The second-order valence-corrected chi connectivity index (χ2v) is 6.99. The number of hydrogen-bond acceptors (Lipinski definition) is 2. The Bertz CT molecular complexity index is 489. The van der Waals surface area contributed by atoms with Gasteiger partial charge in [0.1, 0.15) is 5.82 Å². The van der Waals surface area contributed by atoms with E-state index in [0.29, 0.717) is 5.92 Å². The molecule has 0 aromatic heterocycles. The first kappa shape index (κ1) is 14.5. The molecule has 2 fully saturated rings. The van der Waals surface area contributed by atoms with E-state index >= 15 is 0 Å². The maximum absolute atomic E-state index is 14.2. The number of hydrogen-bond donors (Lipinski definition) is 1. The van der Waals surface area contributed by atoms with Crippen LogP contribution in [0.15, 0.2) is 22.7 Å². The minimum atomic E-state index is -0.132. The van der Waals surface area contributed by atoms with E-state index in [1.165, 1.54) is 19.3 Å². The van der Waals surface area contributed by atoms with Gasteiger partial charge in [-0.3, -0.25) is 0 Å². The molecule has 0 amide bonds. The molecule has 2 atom stereocenters. The summed E-state index contributed by atoms with van der Waals surface area (Å²) in [5.41, 5.74) is 0.876. The summed E-state index contributed by atoms with van der Waals surface area (Å²) in [6.45, 7) is 0.807. The molecule has 110 valence electrons. The van der Waals surface area contributed by atoms with Gasteiger partial charge in [-0.15, -0.1) is 0 Å². The van der Waals surface area contributed by atoms with Crippen LogP contribution < -0.4 is 5.32 Å². The highest BCUT2D eigenvalue weighted by atomic mass is 79.9. The van der Waals surface area contributed by atoms with E-state index in [1.54, 1.807) is 6.07 Å². The summed E-state index contributed by atoms with van der Waals surface area (Å²) in [4.78, 5) is 0. The van der Waals surface area contributed by atoms with Crippen LogP contribution in [0, 0.1) is 11.7 Å². The first-order valence-electron chi connectivity index (χ1n) is 7.40. The van der Waals surface area contributed by atoms with Crippen molar-refractivity contribution in [3.8, 4) is 0 Å². The van der Waals surface area contributed by atoms with Crippen LogP contribution in [0.5, 0.6) is 0 Å². The predicted octanol–water partition coefficient (Wildman–Crippen LogP) is 4.20. The molecule has 1 saturated heterocycles. The fraction of sp³-hybridized carbons (Fsp3) is 0.625. The van der Waals surface area contributed by atoms with Gasteiger partial charge in [0, 0.05) is 22.7 Å². The molecule has 1 heterocycles. The van der Waals surface area contributed by atoms with Crippen LogP contribution in [-0.2, 0) is 4.74 Å². The summed E-state index contributed by atoms with van der Waals surface area (Å²) in [5.74, 6) is 0.317. The van der Waals surface area contributed by atoms with Gasteiger partial charge in [-0.05, 0) is 57.2 Å². The van der Waals surface area contributed by atoms with Gasteiger partial charge >= 0.3 is 0 Å². The monoisotopic (exact) mass is 341 g/mol. The molecule has 0 bridgehead atoms. The first-order valence-corrected chi connectivity index (χ1v) is 8.19. The lowest BCUT2D eigenvalue weighted by Crippen LogP contribution is -2.47. The van der Waals surface area contributed by atoms with Gasteiger partial charge in [0.15, 0.2) is 0 Å². The lowest BCUT2D eigenvalue weighted by Gasteiger charge is -2.48. The van der Waals surface area contributed by atoms with E-state index in [9.17, 15) is 4.39 Å². The third-order valence-electron chi connectivity index (χ3n) is 4.88. The Kier molecular flexibility index (Phi) is 4.16. The minimum absolute atomic E-state index is 0.0736. The molecule has 1 aromatic carbocycles. The summed E-state index contributed by atoms with van der Waals surface area (Å²) in [6.07, 6.45) is 5.66. The molecular weight excluding hydrogens is 321 g/mol. The normalized spacial score (nSPS) is 26.2. The number of halogens is 2. The zero-order chi connectivity index (χ0) is 14.2. The molecule has 3 rings (SSSR count). The van der Waals surface area contributed by atoms with Crippen molar-refractivity contribution in [2.45, 2.75) is 43.7 Å². The molecular formula is C16H21BrFNO. The highest BCUT2D eigenvalue weighted by Gasteiger charge is 2.44. The number of rotatable bonds is 3. The first-order chi connectivity index (χ1) is 9.63. The maximum atomic E-state index is 14.2. The Labute approximate surface area is 128 Å². The Morgan fingerprint density at radius 3 is 2.85 bits per heavy atom. The smallest absolute Gasteiger partial charge is 0.129 e. The second kappa shape index (κ2) is 5.74. The topological polar surface area (TPSA) is 21.3 Å². The summed E-state index contributed by atoms with van der Waals surface area (Å²) in [6, 6.07) is 5.44. The van der Waals surface area contributed by atoms with Crippen molar-refractivity contribution < 1.29 is 9.13 Å². The van der Waals surface area contributed by atoms with Crippen molar-refractivity contribution in [2.75, 3.05) is 13.7 Å². The van der Waals surface area contributed by atoms with Gasteiger partial charge in [0.05, 0.1) is 5.60 Å². The second-order valence-electron chi connectivity index (χ2n) is 6.07. The van der Waals surface area contributed by atoms with Crippen LogP contribution in [-0.4, -0.2) is 19.3 Å². The quantitative estimate of drug-likeness (QED) is 0.889. The highest BCUT2D eigenvalue weighted by Crippen LogP contribution is 2.47. The standard InChI is InChI=1S/C16H21BrFNO/c1-19-15(13-4-3-12(17)9-14(13)18)11-5-8-20-16(10-11)6-2-7-16/h3-4,9,11,15,19H,2,5-8,10H2,1H3. The van der Waals surface area contributed by atoms with E-state index in [4.69, 9.17) is 4.74 Å². The molecule has 20 heavy (non-hydrogen) atoms. The van der Waals surface area contributed by atoms with Gasteiger partial charge in [0.25, 0.3) is 0 Å². The van der Waals surface area contributed by atoms with Crippen molar-refractivity contribution in [1.82, 2.24) is 5.32 Å². The van der Waals surface area contributed by atoms with E-state index in [-0.39, 0.29) is 17.5 Å². The van der Waals surface area contributed by atoms with Crippen molar-refractivity contribution in [3.63, 3.8) is 0 Å². The molecule has 1 aromatic rings. The number of nitrogens with one attached hydrogen (secondary N) is 1. The summed E-state index contributed by atoms with van der Waals surface area (Å²) >= 11 is 3.32. The van der Waals surface area contributed by atoms with Crippen LogP contribution in [0.1, 0.15) is 43.7 Å². The molecule has 1 spiro atoms. The molecule has 4 heteroatoms. The van der Waals surface area contributed by atoms with Gasteiger partial charge in [-0.2, -0.15) is 0 Å². The zero-order valence-electron chi connectivity index (χ0n) is 11.8. The van der Waals surface area contributed by atoms with Crippen molar-refractivity contribution in [2.24, 2.45) is 5.92 Å². The van der Waals surface area contributed by atoms with Gasteiger partial charge in [0.2, 0.25) is 0 Å². The summed E-state index contributed by atoms with van der Waals surface area (Å²) in [5, 5.41) is 3.32. The third-order valence-corrected chi connectivity index (χ3v) is 5.37. The summed E-state index contributed by atoms with van der Waals surface area (Å²) < 4.78 is 21.0. The SMILES string of the molecule is CNC(c1ccc(Br)cc1F)C1CCOC2(CCC2)C1. The third kappa shape index (κ3) is 2.66. The van der Waals surface area contributed by atoms with E-state index in [2.05, 4.69) is 21.2 Å². The zero-order valence-corrected chi connectivity index (χ0v) is 13.4. The van der Waals surface area contributed by atoms with Crippen molar-refractivity contribution in [3.05, 3.63) is 34.1 Å². The van der Waals surface area contributed by atoms with Crippen LogP contribution in [0.25, 0.3) is 0 Å². The fourth-order valence-corrected chi connectivity index (χ4v) is 4.00. The fourth-order valence-electron chi connectivity index (χ4n) is 3.67. The lowest BCUT2D eigenvalue weighted by molar-refractivity contribution is -0.147. The Balaban J connectivity index is 1.81. The predicted molar refractivity (Wildman–Crippen MR) is 81.2 cm³/mol. The average molecular weight is 342 g/mol. The Morgan fingerprint density at radius 2 is 2.25 bits per heavy atom. The molecule has 1 aliphatic heterocycles. The van der Waals surface area contributed by atoms with Crippen LogP contribution >= 0.6 is 15.9 Å². The molecule has 1 N–H and O–H groups in total. The number of benzene rings is 1. The average Bonchev–Trinajstić information content (AvgIpc) is 2.40. The number of ether oxygens (including phenoxy) is 1. The van der Waals surface area contributed by atoms with E-state index < -0.39 is 0 Å². The Morgan fingerprint density at radius 1 is 1.45 bits per heavy atom. The minimum Gasteiger partial charge on any atom is -0.375 e. The molecule has 0 radical (unpaired) electrons. The maximum Gasteiger partial charge on any atom is 0.129 e. The van der Waals surface area contributed by atoms with E-state index in [1.807, 2.05) is 19.2 Å². The summed E-state index contributed by atoms with van der Waals surface area (Å²) in [7, 11) is 1.93. The highest BCUT2D eigenvalue weighted by molar-refractivity contribution is 9.10. The van der Waals surface area contributed by atoms with Gasteiger partial charge in [-0.1, -0.05) is 22.0 Å². The van der Waals surface area contributed by atoms with Crippen LogP contribution in [0.2, 0.25) is 0 Å². The molecule has 2 nitrogen and oxygen atoms in total. The van der Waals surface area contributed by atoms with Crippen LogP contribution in [0.4, 0.5) is 4.39 Å². The van der Waals surface area contributed by atoms with E-state index in [0.717, 1.165) is 29.5 Å². The van der Waals surface area contributed by atoms with Crippen LogP contribution in [0.3, 0.4) is 0 Å². The molecule has 1 aliphatic carbocycles. The van der Waals surface area contributed by atoms with Gasteiger partial charge in [-0.25, -0.2) is 4.39 Å². The molecule has 2 aliphatic rings. The Hall–Kier alpha value is -0.450. The van der Waals surface area contributed by atoms with Gasteiger partial charge < -0.3 is 10.1 Å². The van der Waals surface area contributed by atoms with Crippen molar-refractivity contribution >= 4 is 15.9 Å². The molecule has 2 unspecified atom stereocenters. The largest absolute Gasteiger partial charge is 0.375 e. The lowest BCUT2D eigenvalue weighted by atomic mass is 9.69.